The first-order valence-electron chi connectivity index (χ1n) is 7.45. The molecule has 1 aromatic rings. The van der Waals surface area contributed by atoms with Crippen LogP contribution in [0.25, 0.3) is 0 Å². The zero-order valence-electron chi connectivity index (χ0n) is 13.2. The summed E-state index contributed by atoms with van der Waals surface area (Å²) in [4.78, 5) is 25.2. The zero-order valence-corrected chi connectivity index (χ0v) is 14.8. The summed E-state index contributed by atoms with van der Waals surface area (Å²) in [5.41, 5.74) is -0.405. The van der Waals surface area contributed by atoms with E-state index in [-0.39, 0.29) is 11.9 Å². The summed E-state index contributed by atoms with van der Waals surface area (Å²) in [6, 6.07) is 5.73. The average Bonchev–Trinajstić information content (AvgIpc) is 2.72. The van der Waals surface area contributed by atoms with Gasteiger partial charge in [-0.05, 0) is 60.3 Å². The van der Waals surface area contributed by atoms with E-state index in [0.29, 0.717) is 18.5 Å². The molecule has 1 heterocycles. The molecular formula is C17H20BrNO3. The van der Waals surface area contributed by atoms with Crippen molar-refractivity contribution in [2.24, 2.45) is 10.8 Å². The summed E-state index contributed by atoms with van der Waals surface area (Å²) in [6.45, 7) is 7.79. The molecule has 1 aliphatic carbocycles. The van der Waals surface area contributed by atoms with Crippen LogP contribution in [0.1, 0.15) is 39.2 Å². The Balaban J connectivity index is 1.94. The molecule has 0 spiro atoms. The Bertz CT molecular complexity index is 684. The monoisotopic (exact) mass is 365 g/mol. The molecule has 4 nitrogen and oxygen atoms in total. The van der Waals surface area contributed by atoms with Crippen LogP contribution < -0.4 is 5.32 Å². The highest BCUT2D eigenvalue weighted by Crippen LogP contribution is 2.65. The van der Waals surface area contributed by atoms with Crippen LogP contribution in [0, 0.1) is 17.8 Å². The number of rotatable bonds is 2. The topological polar surface area (TPSA) is 55.4 Å². The number of hydrogen-bond donors (Lipinski definition) is 1. The summed E-state index contributed by atoms with van der Waals surface area (Å²) in [7, 11) is 0. The van der Waals surface area contributed by atoms with E-state index in [4.69, 9.17) is 4.74 Å². The van der Waals surface area contributed by atoms with E-state index in [9.17, 15) is 9.59 Å². The van der Waals surface area contributed by atoms with Crippen LogP contribution in [0.3, 0.4) is 0 Å². The molecule has 1 aromatic carbocycles. The molecule has 0 aromatic heterocycles. The predicted molar refractivity (Wildman–Crippen MR) is 87.5 cm³/mol. The molecule has 2 atom stereocenters. The van der Waals surface area contributed by atoms with E-state index in [1.165, 1.54) is 0 Å². The molecule has 118 valence electrons. The lowest BCUT2D eigenvalue weighted by molar-refractivity contribution is -0.165. The number of esters is 1. The summed E-state index contributed by atoms with van der Waals surface area (Å²) in [5.74, 6) is -0.501. The molecule has 2 unspecified atom stereocenters. The fourth-order valence-corrected chi connectivity index (χ4v) is 4.28. The first kappa shape index (κ1) is 15.5. The minimum atomic E-state index is -1.08. The fourth-order valence-electron chi connectivity index (χ4n) is 3.69. The van der Waals surface area contributed by atoms with Crippen molar-refractivity contribution in [2.45, 2.75) is 46.1 Å². The van der Waals surface area contributed by atoms with Crippen LogP contribution in [0.4, 0.5) is 5.69 Å². The summed E-state index contributed by atoms with van der Waals surface area (Å²) in [6.07, 6.45) is 1.25. The van der Waals surface area contributed by atoms with Gasteiger partial charge in [-0.3, -0.25) is 9.59 Å². The lowest BCUT2D eigenvalue weighted by Gasteiger charge is -2.35. The van der Waals surface area contributed by atoms with E-state index in [0.717, 1.165) is 10.0 Å². The zero-order chi connectivity index (χ0) is 16.3. The van der Waals surface area contributed by atoms with Gasteiger partial charge in [0.1, 0.15) is 0 Å². The van der Waals surface area contributed by atoms with Gasteiger partial charge in [0, 0.05) is 9.89 Å². The maximum atomic E-state index is 12.9. The third kappa shape index (κ3) is 1.75. The lowest BCUT2D eigenvalue weighted by atomic mass is 9.66. The van der Waals surface area contributed by atoms with Crippen LogP contribution in [0.15, 0.2) is 22.7 Å². The number of ether oxygens (including phenoxy) is 1. The molecule has 2 aliphatic rings. The van der Waals surface area contributed by atoms with Crippen molar-refractivity contribution in [2.75, 3.05) is 5.32 Å². The highest BCUT2D eigenvalue weighted by Gasteiger charge is 2.75. The Morgan fingerprint density at radius 1 is 1.27 bits per heavy atom. The van der Waals surface area contributed by atoms with Gasteiger partial charge in [-0.1, -0.05) is 19.9 Å². The van der Waals surface area contributed by atoms with Crippen molar-refractivity contribution in [3.05, 3.63) is 28.2 Å². The molecule has 22 heavy (non-hydrogen) atoms. The number of anilines is 1. The summed E-state index contributed by atoms with van der Waals surface area (Å²) >= 11 is 3.46. The second-order valence-electron chi connectivity index (χ2n) is 7.11. The Kier molecular flexibility index (Phi) is 3.23. The maximum Gasteiger partial charge on any atom is 0.313 e. The molecule has 3 rings (SSSR count). The van der Waals surface area contributed by atoms with E-state index >= 15 is 0 Å². The Morgan fingerprint density at radius 3 is 2.45 bits per heavy atom. The van der Waals surface area contributed by atoms with E-state index < -0.39 is 16.4 Å². The van der Waals surface area contributed by atoms with Crippen molar-refractivity contribution in [3.8, 4) is 0 Å². The summed E-state index contributed by atoms with van der Waals surface area (Å²) in [5, 5.41) is 2.93. The first-order valence-corrected chi connectivity index (χ1v) is 8.24. The number of carbonyl (C=O) groups is 2. The summed E-state index contributed by atoms with van der Waals surface area (Å²) < 4.78 is 6.42. The van der Waals surface area contributed by atoms with Gasteiger partial charge in [-0.25, -0.2) is 0 Å². The number of hydrogen-bond acceptors (Lipinski definition) is 3. The third-order valence-electron chi connectivity index (χ3n) is 5.82. The standard InChI is InChI=1S/C17H20BrNO3/c1-10-5-6-12(11(18)9-10)19-13(20)17-8-7-16(4,14(21)22-17)15(17,2)3/h5-6,9H,7-8H2,1-4H3,(H,19,20). The normalized spacial score (nSPS) is 32.0. The van der Waals surface area contributed by atoms with Gasteiger partial charge in [0.25, 0.3) is 5.91 Å². The number of benzene rings is 1. The van der Waals surface area contributed by atoms with Gasteiger partial charge in [0.15, 0.2) is 5.60 Å². The maximum absolute atomic E-state index is 12.9. The minimum absolute atomic E-state index is 0.239. The molecule has 1 saturated heterocycles. The van der Waals surface area contributed by atoms with Crippen LogP contribution in [-0.4, -0.2) is 17.5 Å². The fraction of sp³-hybridized carbons (Fsp3) is 0.529. The SMILES string of the molecule is Cc1ccc(NC(=O)C23CCC(C)(C(=O)O2)C3(C)C)c(Br)c1. The Labute approximate surface area is 138 Å². The highest BCUT2D eigenvalue weighted by atomic mass is 79.9. The van der Waals surface area contributed by atoms with Crippen LogP contribution >= 0.6 is 15.9 Å². The van der Waals surface area contributed by atoms with Gasteiger partial charge >= 0.3 is 5.97 Å². The number of nitrogens with one attached hydrogen (secondary N) is 1. The van der Waals surface area contributed by atoms with E-state index in [1.807, 2.05) is 45.9 Å². The molecular weight excluding hydrogens is 346 g/mol. The van der Waals surface area contributed by atoms with Gasteiger partial charge in [-0.2, -0.15) is 0 Å². The quantitative estimate of drug-likeness (QED) is 0.810. The van der Waals surface area contributed by atoms with Crippen molar-refractivity contribution in [3.63, 3.8) is 0 Å². The molecule has 1 N–H and O–H groups in total. The van der Waals surface area contributed by atoms with Crippen LogP contribution in [0.2, 0.25) is 0 Å². The number of aryl methyl sites for hydroxylation is 1. The van der Waals surface area contributed by atoms with Gasteiger partial charge < -0.3 is 10.1 Å². The van der Waals surface area contributed by atoms with Gasteiger partial charge in [-0.15, -0.1) is 0 Å². The molecule has 0 radical (unpaired) electrons. The first-order chi connectivity index (χ1) is 10.1. The predicted octanol–water partition coefficient (Wildman–Crippen LogP) is 3.82. The van der Waals surface area contributed by atoms with Gasteiger partial charge in [0.2, 0.25) is 0 Å². The van der Waals surface area contributed by atoms with Crippen molar-refractivity contribution in [1.82, 2.24) is 0 Å². The smallest absolute Gasteiger partial charge is 0.313 e. The molecule has 1 saturated carbocycles. The average molecular weight is 366 g/mol. The van der Waals surface area contributed by atoms with Crippen molar-refractivity contribution >= 4 is 33.5 Å². The third-order valence-corrected chi connectivity index (χ3v) is 6.48. The number of amides is 1. The van der Waals surface area contributed by atoms with E-state index in [2.05, 4.69) is 21.2 Å². The largest absolute Gasteiger partial charge is 0.448 e. The second-order valence-corrected chi connectivity index (χ2v) is 7.97. The van der Waals surface area contributed by atoms with E-state index in [1.54, 1.807) is 0 Å². The minimum Gasteiger partial charge on any atom is -0.448 e. The lowest BCUT2D eigenvalue weighted by Crippen LogP contribution is -2.50. The number of carbonyl (C=O) groups excluding carboxylic acids is 2. The van der Waals surface area contributed by atoms with Crippen molar-refractivity contribution < 1.29 is 14.3 Å². The highest BCUT2D eigenvalue weighted by molar-refractivity contribution is 9.10. The molecule has 2 bridgehead atoms. The van der Waals surface area contributed by atoms with Crippen LogP contribution in [-0.2, 0) is 14.3 Å². The van der Waals surface area contributed by atoms with Crippen LogP contribution in [0.5, 0.6) is 0 Å². The number of fused-ring (bicyclic) bond motifs is 2. The Morgan fingerprint density at radius 2 is 1.95 bits per heavy atom. The van der Waals surface area contributed by atoms with Gasteiger partial charge in [0.05, 0.1) is 11.1 Å². The molecule has 2 fully saturated rings. The second kappa shape index (κ2) is 4.57. The molecule has 1 amide bonds. The number of halogens is 1. The Hall–Kier alpha value is -1.36. The molecule has 5 heteroatoms. The van der Waals surface area contributed by atoms with Crippen molar-refractivity contribution in [1.29, 1.82) is 0 Å². The molecule has 1 aliphatic heterocycles.